The van der Waals surface area contributed by atoms with Crippen LogP contribution in [-0.4, -0.2) is 70.3 Å². The minimum absolute atomic E-state index is 0. The summed E-state index contributed by atoms with van der Waals surface area (Å²) in [6.45, 7) is 24.2. The molecule has 2 aromatic carbocycles. The van der Waals surface area contributed by atoms with Crippen molar-refractivity contribution in [1.29, 1.82) is 0 Å². The molecule has 0 heterocycles. The summed E-state index contributed by atoms with van der Waals surface area (Å²) in [4.78, 5) is 24.1. The topological polar surface area (TPSA) is 111 Å². The van der Waals surface area contributed by atoms with E-state index in [9.17, 15) is 18.0 Å². The van der Waals surface area contributed by atoms with Crippen molar-refractivity contribution in [2.45, 2.75) is 117 Å². The quantitative estimate of drug-likeness (QED) is 0.195. The summed E-state index contributed by atoms with van der Waals surface area (Å²) in [5, 5.41) is 0. The molecule has 0 fully saturated rings. The predicted octanol–water partition coefficient (Wildman–Crippen LogP) is 4.35. The van der Waals surface area contributed by atoms with Crippen molar-refractivity contribution in [3.63, 3.8) is 0 Å². The Morgan fingerprint density at radius 2 is 1.20 bits per heavy atom. The van der Waals surface area contributed by atoms with Crippen LogP contribution < -0.4 is 21.7 Å². The van der Waals surface area contributed by atoms with Crippen LogP contribution in [-0.2, 0) is 31.4 Å². The molecular formula is C34H53BrMgN2O6S2. The van der Waals surface area contributed by atoms with E-state index in [0.717, 1.165) is 11.1 Å². The maximum atomic E-state index is 12.2. The summed E-state index contributed by atoms with van der Waals surface area (Å²) in [5.41, 5.74) is 1.52. The van der Waals surface area contributed by atoms with Crippen LogP contribution in [0.25, 0.3) is 0 Å². The molecule has 0 aliphatic carbocycles. The molecule has 0 saturated heterocycles. The third-order valence-corrected chi connectivity index (χ3v) is 8.23. The Hall–Kier alpha value is -1.44. The third kappa shape index (κ3) is 19.4. The van der Waals surface area contributed by atoms with E-state index in [0.29, 0.717) is 11.1 Å². The van der Waals surface area contributed by atoms with Crippen LogP contribution in [0.2, 0.25) is 0 Å². The monoisotopic (exact) mass is 752 g/mol. The van der Waals surface area contributed by atoms with Gasteiger partial charge in [-0.15, -0.1) is 0 Å². The van der Waals surface area contributed by atoms with Crippen molar-refractivity contribution in [3.05, 3.63) is 78.2 Å². The van der Waals surface area contributed by atoms with Crippen LogP contribution in [0.4, 0.5) is 0 Å². The van der Waals surface area contributed by atoms with Crippen molar-refractivity contribution in [3.8, 4) is 0 Å². The molecule has 0 aliphatic rings. The SMILES string of the molecule is CC(C)(C)OC(=O)c1cccc(C=N[S@](=O)C(C)(C)C)c1.C[C@H](N[S@](=O)C(C)(C)C)c1cccc(C(=O)OC(C)(C)C)c1.[Br-].[CH3-].[Mg+2]. The van der Waals surface area contributed by atoms with Gasteiger partial charge in [0, 0.05) is 12.3 Å². The van der Waals surface area contributed by atoms with Crippen molar-refractivity contribution in [2.75, 3.05) is 0 Å². The number of nitrogens with zero attached hydrogens (tertiary/aromatic N) is 1. The number of esters is 2. The van der Waals surface area contributed by atoms with Crippen LogP contribution in [0.3, 0.4) is 0 Å². The molecule has 8 nitrogen and oxygen atoms in total. The van der Waals surface area contributed by atoms with Crippen LogP contribution in [0.1, 0.15) is 128 Å². The minimum atomic E-state index is -1.32. The first kappa shape index (κ1) is 48.9. The van der Waals surface area contributed by atoms with Crippen molar-refractivity contribution < 1.29 is 44.5 Å². The molecule has 0 saturated carbocycles. The largest absolute Gasteiger partial charge is 2.00 e. The van der Waals surface area contributed by atoms with Gasteiger partial charge in [-0.05, 0) is 125 Å². The van der Waals surface area contributed by atoms with Gasteiger partial charge in [0.05, 0.1) is 31.6 Å². The summed E-state index contributed by atoms with van der Waals surface area (Å²) >= 11 is 0. The molecule has 0 amide bonds. The van der Waals surface area contributed by atoms with Gasteiger partial charge >= 0.3 is 35.0 Å². The van der Waals surface area contributed by atoms with Crippen molar-refractivity contribution >= 4 is 63.2 Å². The van der Waals surface area contributed by atoms with E-state index in [1.165, 1.54) is 6.21 Å². The molecule has 2 rings (SSSR count). The molecule has 1 N–H and O–H groups in total. The summed E-state index contributed by atoms with van der Waals surface area (Å²) in [7, 11) is -2.48. The number of carbonyl (C=O) groups is 2. The van der Waals surface area contributed by atoms with E-state index in [2.05, 4.69) is 9.12 Å². The second kappa shape index (κ2) is 20.2. The molecule has 256 valence electrons. The Kier molecular flexibility index (Phi) is 21.4. The Morgan fingerprint density at radius 3 is 1.61 bits per heavy atom. The molecule has 0 spiro atoms. The fourth-order valence-electron chi connectivity index (χ4n) is 3.03. The molecule has 0 aliphatic heterocycles. The van der Waals surface area contributed by atoms with E-state index in [4.69, 9.17) is 9.47 Å². The predicted molar refractivity (Wildman–Crippen MR) is 190 cm³/mol. The van der Waals surface area contributed by atoms with Gasteiger partial charge in [-0.1, -0.05) is 24.3 Å². The van der Waals surface area contributed by atoms with E-state index in [1.807, 2.05) is 102 Å². The van der Waals surface area contributed by atoms with Crippen LogP contribution in [0.15, 0.2) is 52.9 Å². The van der Waals surface area contributed by atoms with Gasteiger partial charge < -0.3 is 33.9 Å². The van der Waals surface area contributed by atoms with E-state index >= 15 is 0 Å². The Balaban J connectivity index is -0.000000755. The van der Waals surface area contributed by atoms with Crippen molar-refractivity contribution in [2.24, 2.45) is 4.40 Å². The standard InChI is InChI=1S/C17H27NO3S.C16H23NO3S.CH3.BrH.Mg/c1-12(18-22(20)17(5,6)7)13-9-8-10-14(11-13)15(19)21-16(2,3)4;1-15(2,3)20-14(18)13-9-7-8-12(10-13)11-17-21(19)16(4,5)6;;;/h8-12,18H,1-7H3;7-11H,1-6H3;1H3;1H;/q;;-1;;+2/p-1/t12-,22+;21-;;;/m01.../s1. The summed E-state index contributed by atoms with van der Waals surface area (Å²) in [5.74, 6) is -0.729. The number of hydrogen-bond acceptors (Lipinski definition) is 6. The van der Waals surface area contributed by atoms with E-state index in [1.54, 1.807) is 36.4 Å². The van der Waals surface area contributed by atoms with Gasteiger partial charge in [-0.25, -0.2) is 22.7 Å². The molecule has 0 radical (unpaired) electrons. The molecular weight excluding hydrogens is 701 g/mol. The number of halogens is 1. The van der Waals surface area contributed by atoms with Crippen molar-refractivity contribution in [1.82, 2.24) is 4.72 Å². The first-order valence-corrected chi connectivity index (χ1v) is 16.5. The zero-order valence-corrected chi connectivity index (χ0v) is 34.7. The first-order chi connectivity index (χ1) is 19.4. The molecule has 0 bridgehead atoms. The fourth-order valence-corrected chi connectivity index (χ4v) is 4.37. The van der Waals surface area contributed by atoms with Gasteiger partial charge in [-0.3, -0.25) is 0 Å². The van der Waals surface area contributed by atoms with Crippen LogP contribution >= 0.6 is 0 Å². The molecule has 2 aromatic rings. The minimum Gasteiger partial charge on any atom is -1.00 e. The maximum Gasteiger partial charge on any atom is 2.00 e. The average Bonchev–Trinajstić information content (AvgIpc) is 2.84. The van der Waals surface area contributed by atoms with Gasteiger partial charge in [-0.2, -0.15) is 4.40 Å². The Bertz CT molecular complexity index is 1340. The Labute approximate surface area is 309 Å². The second-order valence-electron chi connectivity index (χ2n) is 14.1. The fraction of sp³-hybridized carbons (Fsp3) is 0.529. The smallest absolute Gasteiger partial charge is 1.00 e. The number of rotatable bonds is 7. The number of carbonyl (C=O) groups excluding carboxylic acids is 2. The molecule has 0 unspecified atom stereocenters. The number of benzene rings is 2. The van der Waals surface area contributed by atoms with Crippen LogP contribution in [0, 0.1) is 7.43 Å². The summed E-state index contributed by atoms with van der Waals surface area (Å²) < 4.78 is 41.1. The second-order valence-corrected chi connectivity index (χ2v) is 18.0. The zero-order valence-electron chi connectivity index (χ0n) is 30.1. The summed E-state index contributed by atoms with van der Waals surface area (Å²) in [6, 6.07) is 14.0. The van der Waals surface area contributed by atoms with E-state index < -0.39 is 37.9 Å². The van der Waals surface area contributed by atoms with Gasteiger partial charge in [0.2, 0.25) is 0 Å². The van der Waals surface area contributed by atoms with Gasteiger partial charge in [0.1, 0.15) is 22.2 Å². The molecule has 0 aromatic heterocycles. The van der Waals surface area contributed by atoms with Gasteiger partial charge in [0.15, 0.2) is 0 Å². The van der Waals surface area contributed by atoms with Crippen LogP contribution in [0.5, 0.6) is 0 Å². The maximum absolute atomic E-state index is 12.2. The third-order valence-electron chi connectivity index (χ3n) is 5.20. The molecule has 46 heavy (non-hydrogen) atoms. The summed E-state index contributed by atoms with van der Waals surface area (Å²) in [6.07, 6.45) is 1.52. The first-order valence-electron chi connectivity index (χ1n) is 14.2. The molecule has 12 heteroatoms. The molecule has 3 atom stereocenters. The zero-order chi connectivity index (χ0) is 33.4. The number of ether oxygens (including phenoxy) is 2. The number of nitrogens with one attached hydrogen (secondary N) is 1. The Morgan fingerprint density at radius 1 is 0.761 bits per heavy atom. The normalized spacial score (nSPS) is 13.8. The number of hydrogen-bond donors (Lipinski definition) is 1. The van der Waals surface area contributed by atoms with E-state index in [-0.39, 0.29) is 70.2 Å². The average molecular weight is 754 g/mol. The van der Waals surface area contributed by atoms with Gasteiger partial charge in [0.25, 0.3) is 0 Å².